The molecule has 1 fully saturated rings. The molecule has 2 aromatic carbocycles. The third-order valence-corrected chi connectivity index (χ3v) is 15.3. The highest BCUT2D eigenvalue weighted by molar-refractivity contribution is 5.95. The van der Waals surface area contributed by atoms with E-state index in [-0.39, 0.29) is 22.4 Å². The van der Waals surface area contributed by atoms with E-state index in [1.807, 2.05) is 57.2 Å². The third kappa shape index (κ3) is 21.9. The number of halogens is 2. The number of benzene rings is 2. The lowest BCUT2D eigenvalue weighted by atomic mass is 9.80. The van der Waals surface area contributed by atoms with Crippen LogP contribution in [0.15, 0.2) is 124 Å². The van der Waals surface area contributed by atoms with E-state index in [0.717, 1.165) is 121 Å². The summed E-state index contributed by atoms with van der Waals surface area (Å²) in [6, 6.07) is 20.0. The fraction of sp³-hybridized carbons (Fsp3) is 0.551. The summed E-state index contributed by atoms with van der Waals surface area (Å²) in [5, 5.41) is 1.04. The van der Waals surface area contributed by atoms with Gasteiger partial charge in [0.25, 0.3) is 5.92 Å². The van der Waals surface area contributed by atoms with Gasteiger partial charge in [-0.2, -0.15) is 0 Å². The number of rotatable bonds is 23. The van der Waals surface area contributed by atoms with Crippen molar-refractivity contribution in [2.45, 2.75) is 189 Å². The summed E-state index contributed by atoms with van der Waals surface area (Å²) >= 11 is 0. The minimum Gasteiger partial charge on any atom is -0.401 e. The van der Waals surface area contributed by atoms with E-state index in [0.29, 0.717) is 23.9 Å². The molecule has 8 nitrogen and oxygen atoms in total. The van der Waals surface area contributed by atoms with Crippen molar-refractivity contribution in [1.29, 1.82) is 0 Å². The van der Waals surface area contributed by atoms with Crippen molar-refractivity contribution in [1.82, 2.24) is 35.1 Å². The molecule has 5 rings (SSSR count). The summed E-state index contributed by atoms with van der Waals surface area (Å²) in [6.45, 7) is 50.5. The van der Waals surface area contributed by atoms with E-state index < -0.39 is 12.5 Å². The van der Waals surface area contributed by atoms with Crippen LogP contribution in [0.1, 0.15) is 158 Å². The van der Waals surface area contributed by atoms with Gasteiger partial charge in [-0.15, -0.1) is 26.3 Å². The lowest BCUT2D eigenvalue weighted by Gasteiger charge is -2.30. The van der Waals surface area contributed by atoms with E-state index in [2.05, 4.69) is 208 Å². The molecule has 0 spiro atoms. The van der Waals surface area contributed by atoms with E-state index in [9.17, 15) is 0 Å². The number of pyridine rings is 1. The molecule has 2 aromatic heterocycles. The lowest BCUT2D eigenvalue weighted by Crippen LogP contribution is -2.52. The van der Waals surface area contributed by atoms with E-state index >= 15 is 8.78 Å². The van der Waals surface area contributed by atoms with Gasteiger partial charge in [0.1, 0.15) is 0 Å². The normalized spacial score (nSPS) is 16.9. The highest BCUT2D eigenvalue weighted by atomic mass is 19.3. The average Bonchev–Trinajstić information content (AvgIpc) is 3.54. The summed E-state index contributed by atoms with van der Waals surface area (Å²) < 4.78 is 32.0. The van der Waals surface area contributed by atoms with Crippen LogP contribution in [0.25, 0.3) is 33.3 Å². The monoisotopic (exact) mass is 1090 g/mol. The number of hydrogen-bond donors (Lipinski definition) is 3. The number of hydrazine groups is 1. The van der Waals surface area contributed by atoms with Crippen molar-refractivity contribution in [3.8, 4) is 34.2 Å². The standard InChI is InChI=1S/C42H56F2N4.C17H30N2.C8H18N2.C2H4/c1-9-11-21-40(5,6)27-36-35-25-33(32-17-12-16-31(24-32)26-41(7)22-13-15-30(4)46-47-41)19-20-37(35)48(28-42(8,43)44)39(36)34-18-14-23-45-38(34)29(3)10-2;1-9-13-19(14-15(3)10-2)16(4)11-12-17(5,6)18(7)8;1-6(2)8(7(3)9)10(4)5;1-2/h9,12,14,16-20,23-25,29-30,46-47H,1,10-11,13,15,21-22,26-28H2,2-8H3;10,15H,2,4,9,13-14H2,1,3,5-8H3;6,8H,3,9H2,1-2,4-5H3;1-2H2. The molecule has 4 N–H and O–H groups in total. The maximum Gasteiger partial charge on any atom is 0.262 e. The van der Waals surface area contributed by atoms with Gasteiger partial charge in [0.15, 0.2) is 0 Å². The van der Waals surface area contributed by atoms with Crippen LogP contribution in [0.4, 0.5) is 8.78 Å². The molecule has 79 heavy (non-hydrogen) atoms. The van der Waals surface area contributed by atoms with Gasteiger partial charge in [0.05, 0.1) is 35.2 Å². The quantitative estimate of drug-likeness (QED) is 0.0505. The van der Waals surface area contributed by atoms with Crippen LogP contribution >= 0.6 is 0 Å². The minimum absolute atomic E-state index is 0.0356. The number of nitrogens with two attached hydrogens (primary N) is 1. The molecular formula is C69H108F2N8. The van der Waals surface area contributed by atoms with Crippen molar-refractivity contribution in [3.63, 3.8) is 0 Å². The Morgan fingerprint density at radius 3 is 2.16 bits per heavy atom. The molecular weight excluding hydrogens is 979 g/mol. The lowest BCUT2D eigenvalue weighted by molar-refractivity contribution is 0.00546. The fourth-order valence-electron chi connectivity index (χ4n) is 10.3. The third-order valence-electron chi connectivity index (χ3n) is 15.3. The van der Waals surface area contributed by atoms with Gasteiger partial charge in [-0.3, -0.25) is 20.7 Å². The largest absolute Gasteiger partial charge is 0.401 e. The molecule has 4 aromatic rings. The van der Waals surface area contributed by atoms with Crippen molar-refractivity contribution in [3.05, 3.63) is 141 Å². The van der Waals surface area contributed by atoms with Gasteiger partial charge < -0.3 is 20.1 Å². The topological polar surface area (TPSA) is 77.6 Å². The van der Waals surface area contributed by atoms with E-state index in [1.165, 1.54) is 18.4 Å². The summed E-state index contributed by atoms with van der Waals surface area (Å²) in [5.74, 6) is 4.81. The molecule has 5 unspecified atom stereocenters. The van der Waals surface area contributed by atoms with Gasteiger partial charge in [-0.1, -0.05) is 117 Å². The van der Waals surface area contributed by atoms with Crippen LogP contribution in [0.5, 0.6) is 0 Å². The summed E-state index contributed by atoms with van der Waals surface area (Å²) in [4.78, 5) is 11.3. The first-order valence-electron chi connectivity index (χ1n) is 29.0. The number of likely N-dealkylation sites (N-methyl/N-ethyl adjacent to an activating group) is 1. The number of fused-ring (bicyclic) bond motifs is 1. The van der Waals surface area contributed by atoms with Crippen LogP contribution in [0.2, 0.25) is 0 Å². The number of aromatic nitrogens is 2. The zero-order valence-electron chi connectivity index (χ0n) is 52.6. The number of nitrogens with zero attached hydrogens (tertiary/aromatic N) is 5. The Labute approximate surface area is 481 Å². The van der Waals surface area contributed by atoms with Crippen LogP contribution in [0.3, 0.4) is 0 Å². The van der Waals surface area contributed by atoms with Crippen molar-refractivity contribution >= 4 is 10.9 Å². The first-order chi connectivity index (χ1) is 36.9. The zero-order chi connectivity index (χ0) is 60.1. The van der Waals surface area contributed by atoms with Crippen LogP contribution < -0.4 is 16.6 Å². The number of hydrogen-bond acceptors (Lipinski definition) is 7. The second-order valence-corrected chi connectivity index (χ2v) is 24.7. The van der Waals surface area contributed by atoms with Gasteiger partial charge in [-0.25, -0.2) is 8.78 Å². The van der Waals surface area contributed by atoms with Crippen molar-refractivity contribution in [2.24, 2.45) is 23.0 Å². The molecule has 0 bridgehead atoms. The Morgan fingerprint density at radius 2 is 1.62 bits per heavy atom. The molecule has 1 saturated heterocycles. The predicted octanol–water partition coefficient (Wildman–Crippen LogP) is 16.3. The molecule has 0 amide bonds. The van der Waals surface area contributed by atoms with Crippen LogP contribution in [0, 0.1) is 29.1 Å². The Bertz CT molecular complexity index is 2590. The highest BCUT2D eigenvalue weighted by Crippen LogP contribution is 2.44. The number of nitrogens with one attached hydrogen (secondary N) is 2. The number of allylic oxidation sites excluding steroid dienone is 2. The van der Waals surface area contributed by atoms with E-state index in [1.54, 1.807) is 0 Å². The summed E-state index contributed by atoms with van der Waals surface area (Å²) in [5.41, 5.74) is 22.4. The SMILES string of the molecule is C=C.C=C(N)C(C(C)C)N(C)C.C=CC(C)CN(CCC)C(=C)C#CC(C)(C)N(C)C.C=CCCC(C)(C)Cc1c(-c2cccnc2C(C)CC)n(CC(C)(F)F)c2ccc(-c3cccc(CC4(C)CCCC(C)NN4)c3)cc12. The molecule has 0 saturated carbocycles. The smallest absolute Gasteiger partial charge is 0.262 e. The fourth-order valence-corrected chi connectivity index (χ4v) is 10.3. The van der Waals surface area contributed by atoms with Gasteiger partial charge in [-0.05, 0) is 189 Å². The Hall–Kier alpha value is -5.31. The second kappa shape index (κ2) is 32.2. The summed E-state index contributed by atoms with van der Waals surface area (Å²) in [7, 11) is 8.12. The second-order valence-electron chi connectivity index (χ2n) is 24.7. The van der Waals surface area contributed by atoms with Crippen molar-refractivity contribution < 1.29 is 8.78 Å². The minimum atomic E-state index is -2.89. The average molecular weight is 1090 g/mol. The first-order valence-corrected chi connectivity index (χ1v) is 29.0. The Morgan fingerprint density at radius 1 is 0.962 bits per heavy atom. The maximum atomic E-state index is 15.1. The van der Waals surface area contributed by atoms with E-state index in [4.69, 9.17) is 10.7 Å². The highest BCUT2D eigenvalue weighted by Gasteiger charge is 2.32. The first kappa shape index (κ1) is 69.8. The number of alkyl halides is 2. The maximum absolute atomic E-state index is 15.1. The van der Waals surface area contributed by atoms with Gasteiger partial charge in [0.2, 0.25) is 0 Å². The molecule has 438 valence electrons. The molecule has 10 heteroatoms. The molecule has 0 aliphatic carbocycles. The molecule has 1 aliphatic rings. The van der Waals surface area contributed by atoms with Gasteiger partial charge in [0, 0.05) is 60.0 Å². The molecule has 0 radical (unpaired) electrons. The molecule has 3 heterocycles. The molecule has 5 atom stereocenters. The summed E-state index contributed by atoms with van der Waals surface area (Å²) in [6.07, 6.45) is 14.8. The van der Waals surface area contributed by atoms with Crippen molar-refractivity contribution in [2.75, 3.05) is 41.3 Å². The Balaban J connectivity index is 0.000000566. The van der Waals surface area contributed by atoms with Gasteiger partial charge >= 0.3 is 0 Å². The van der Waals surface area contributed by atoms with Crippen LogP contribution in [-0.4, -0.2) is 94.6 Å². The predicted molar refractivity (Wildman–Crippen MR) is 341 cm³/mol. The van der Waals surface area contributed by atoms with Crippen LogP contribution in [-0.2, 0) is 19.4 Å². The Kier molecular flexibility index (Phi) is 28.5. The zero-order valence-corrected chi connectivity index (χ0v) is 52.6. The molecule has 1 aliphatic heterocycles.